The van der Waals surface area contributed by atoms with Crippen LogP contribution in [-0.4, -0.2) is 16.9 Å². The number of pyridine rings is 1. The van der Waals surface area contributed by atoms with Crippen LogP contribution in [0.1, 0.15) is 37.6 Å². The van der Waals surface area contributed by atoms with Gasteiger partial charge in [0.1, 0.15) is 0 Å². The Hall–Kier alpha value is -1.14. The van der Waals surface area contributed by atoms with Crippen molar-refractivity contribution in [3.05, 3.63) is 22.3 Å². The fourth-order valence-corrected chi connectivity index (χ4v) is 2.13. The summed E-state index contributed by atoms with van der Waals surface area (Å²) in [5, 5.41) is 2.93. The lowest BCUT2D eigenvalue weighted by molar-refractivity contribution is 0.0936. The molecule has 1 atom stereocenters. The first kappa shape index (κ1) is 14.9. The monoisotopic (exact) mass is 314 g/mol. The van der Waals surface area contributed by atoms with Crippen LogP contribution < -0.4 is 16.6 Å². The fraction of sp³-hybridized carbons (Fsp3) is 0.500. The van der Waals surface area contributed by atoms with Crippen molar-refractivity contribution in [2.24, 2.45) is 11.8 Å². The first-order chi connectivity index (χ1) is 8.43. The summed E-state index contributed by atoms with van der Waals surface area (Å²) < 4.78 is 0.739. The molecular weight excluding hydrogens is 296 g/mol. The van der Waals surface area contributed by atoms with Crippen LogP contribution in [0.3, 0.4) is 0 Å². The molecule has 0 fully saturated rings. The van der Waals surface area contributed by atoms with Gasteiger partial charge in [0.05, 0.1) is 5.56 Å². The maximum Gasteiger partial charge on any atom is 0.255 e. The van der Waals surface area contributed by atoms with Crippen molar-refractivity contribution in [3.8, 4) is 0 Å². The van der Waals surface area contributed by atoms with E-state index in [1.54, 1.807) is 12.3 Å². The van der Waals surface area contributed by atoms with Crippen LogP contribution in [0.25, 0.3) is 0 Å². The average Bonchev–Trinajstić information content (AvgIpc) is 2.27. The number of nitrogen functional groups attached to an aromatic ring is 1. The molecule has 1 amide bonds. The van der Waals surface area contributed by atoms with Crippen molar-refractivity contribution < 1.29 is 4.79 Å². The molecule has 0 aliphatic rings. The lowest BCUT2D eigenvalue weighted by atomic mass is 10.0. The highest BCUT2D eigenvalue weighted by Crippen LogP contribution is 2.17. The molecule has 0 saturated heterocycles. The molecule has 0 saturated carbocycles. The van der Waals surface area contributed by atoms with Gasteiger partial charge in [0, 0.05) is 16.7 Å². The van der Waals surface area contributed by atoms with Gasteiger partial charge >= 0.3 is 0 Å². The minimum atomic E-state index is -0.176. The molecule has 18 heavy (non-hydrogen) atoms. The first-order valence-electron chi connectivity index (χ1n) is 5.87. The van der Waals surface area contributed by atoms with Gasteiger partial charge in [-0.05, 0) is 41.3 Å². The predicted molar refractivity (Wildman–Crippen MR) is 76.1 cm³/mol. The Morgan fingerprint density at radius 1 is 1.50 bits per heavy atom. The van der Waals surface area contributed by atoms with Crippen LogP contribution in [0.5, 0.6) is 0 Å². The van der Waals surface area contributed by atoms with Crippen molar-refractivity contribution in [3.63, 3.8) is 0 Å². The zero-order valence-electron chi connectivity index (χ0n) is 10.8. The summed E-state index contributed by atoms with van der Waals surface area (Å²) in [7, 11) is 0. The van der Waals surface area contributed by atoms with Gasteiger partial charge in [-0.1, -0.05) is 13.8 Å². The van der Waals surface area contributed by atoms with E-state index in [1.807, 2.05) is 6.92 Å². The molecule has 1 aromatic heterocycles. The number of hydrogen-bond acceptors (Lipinski definition) is 4. The average molecular weight is 315 g/mol. The number of carbonyl (C=O) groups is 1. The Morgan fingerprint density at radius 3 is 2.72 bits per heavy atom. The van der Waals surface area contributed by atoms with Gasteiger partial charge in [0.2, 0.25) is 0 Å². The van der Waals surface area contributed by atoms with E-state index >= 15 is 0 Å². The van der Waals surface area contributed by atoms with Crippen molar-refractivity contribution in [1.29, 1.82) is 0 Å². The second-order valence-corrected chi connectivity index (χ2v) is 5.61. The normalized spacial score (nSPS) is 12.3. The zero-order chi connectivity index (χ0) is 13.7. The molecule has 6 heteroatoms. The van der Waals surface area contributed by atoms with Gasteiger partial charge in [-0.15, -0.1) is 0 Å². The van der Waals surface area contributed by atoms with Crippen LogP contribution in [0.15, 0.2) is 16.7 Å². The van der Waals surface area contributed by atoms with Crippen LogP contribution in [0.4, 0.5) is 5.82 Å². The number of aromatic nitrogens is 1. The molecule has 1 unspecified atom stereocenters. The topological polar surface area (TPSA) is 80.0 Å². The molecular formula is C12H19BrN4O. The van der Waals surface area contributed by atoms with Crippen molar-refractivity contribution >= 4 is 27.7 Å². The second kappa shape index (κ2) is 6.70. The Morgan fingerprint density at radius 2 is 2.17 bits per heavy atom. The van der Waals surface area contributed by atoms with E-state index in [2.05, 4.69) is 45.5 Å². The number of rotatable bonds is 5. The molecule has 0 radical (unpaired) electrons. The number of hydrogen-bond donors (Lipinski definition) is 3. The van der Waals surface area contributed by atoms with Crippen molar-refractivity contribution in [2.45, 2.75) is 33.2 Å². The number of hydrazine groups is 1. The van der Waals surface area contributed by atoms with Gasteiger partial charge in [-0.25, -0.2) is 10.8 Å². The summed E-state index contributed by atoms with van der Waals surface area (Å²) in [4.78, 5) is 16.1. The third kappa shape index (κ3) is 4.27. The van der Waals surface area contributed by atoms with E-state index in [0.29, 0.717) is 17.3 Å². The highest BCUT2D eigenvalue weighted by atomic mass is 79.9. The van der Waals surface area contributed by atoms with Gasteiger partial charge in [0.25, 0.3) is 5.91 Å². The maximum atomic E-state index is 12.1. The van der Waals surface area contributed by atoms with Crippen LogP contribution in [0.2, 0.25) is 0 Å². The lowest BCUT2D eigenvalue weighted by Gasteiger charge is -2.17. The van der Waals surface area contributed by atoms with E-state index in [1.165, 1.54) is 0 Å². The zero-order valence-corrected chi connectivity index (χ0v) is 12.4. The number of nitrogens with zero attached hydrogens (tertiary/aromatic N) is 1. The quantitative estimate of drug-likeness (QED) is 0.575. The molecule has 0 aliphatic carbocycles. The minimum Gasteiger partial charge on any atom is -0.349 e. The largest absolute Gasteiger partial charge is 0.349 e. The Kier molecular flexibility index (Phi) is 5.55. The Bertz CT molecular complexity index is 423. The summed E-state index contributed by atoms with van der Waals surface area (Å²) in [5.41, 5.74) is 2.86. The third-order valence-electron chi connectivity index (χ3n) is 2.44. The first-order valence-corrected chi connectivity index (χ1v) is 6.66. The molecule has 0 spiro atoms. The molecule has 100 valence electrons. The van der Waals surface area contributed by atoms with Gasteiger partial charge < -0.3 is 10.7 Å². The Balaban J connectivity index is 2.80. The van der Waals surface area contributed by atoms with E-state index in [-0.39, 0.29) is 11.9 Å². The van der Waals surface area contributed by atoms with E-state index < -0.39 is 0 Å². The number of nitrogens with one attached hydrogen (secondary N) is 2. The molecule has 0 aromatic carbocycles. The molecule has 4 N–H and O–H groups in total. The SMILES string of the molecule is CC(C)CC(C)NC(=O)c1cc(Br)cnc1NN. The second-order valence-electron chi connectivity index (χ2n) is 4.70. The molecule has 1 heterocycles. The summed E-state index contributed by atoms with van der Waals surface area (Å²) in [6, 6.07) is 1.81. The van der Waals surface area contributed by atoms with Crippen molar-refractivity contribution in [1.82, 2.24) is 10.3 Å². The Labute approximate surface area is 116 Å². The molecule has 1 rings (SSSR count). The van der Waals surface area contributed by atoms with Crippen LogP contribution in [0, 0.1) is 5.92 Å². The molecule has 0 aliphatic heterocycles. The van der Waals surface area contributed by atoms with Gasteiger partial charge in [-0.2, -0.15) is 0 Å². The lowest BCUT2D eigenvalue weighted by Crippen LogP contribution is -2.34. The highest BCUT2D eigenvalue weighted by molar-refractivity contribution is 9.10. The van der Waals surface area contributed by atoms with Gasteiger partial charge in [-0.3, -0.25) is 4.79 Å². The number of halogens is 1. The third-order valence-corrected chi connectivity index (χ3v) is 2.87. The number of anilines is 1. The van der Waals surface area contributed by atoms with E-state index in [4.69, 9.17) is 5.84 Å². The number of carbonyl (C=O) groups excluding carboxylic acids is 1. The molecule has 0 bridgehead atoms. The smallest absolute Gasteiger partial charge is 0.255 e. The summed E-state index contributed by atoms with van der Waals surface area (Å²) in [5.74, 6) is 6.07. The minimum absolute atomic E-state index is 0.113. The molecule has 1 aromatic rings. The highest BCUT2D eigenvalue weighted by Gasteiger charge is 2.15. The molecule has 5 nitrogen and oxygen atoms in total. The predicted octanol–water partition coefficient (Wildman–Crippen LogP) is 2.29. The summed E-state index contributed by atoms with van der Waals surface area (Å²) in [6.45, 7) is 6.23. The van der Waals surface area contributed by atoms with E-state index in [0.717, 1.165) is 10.9 Å². The van der Waals surface area contributed by atoms with Crippen LogP contribution >= 0.6 is 15.9 Å². The number of nitrogens with two attached hydrogens (primary N) is 1. The number of amides is 1. The van der Waals surface area contributed by atoms with Gasteiger partial charge in [0.15, 0.2) is 5.82 Å². The fourth-order valence-electron chi connectivity index (χ4n) is 1.79. The van der Waals surface area contributed by atoms with E-state index in [9.17, 15) is 4.79 Å². The van der Waals surface area contributed by atoms with Crippen LogP contribution in [-0.2, 0) is 0 Å². The van der Waals surface area contributed by atoms with Crippen molar-refractivity contribution in [2.75, 3.05) is 5.43 Å². The summed E-state index contributed by atoms with van der Waals surface area (Å²) in [6.07, 6.45) is 2.52. The summed E-state index contributed by atoms with van der Waals surface area (Å²) >= 11 is 3.29. The standard InChI is InChI=1S/C12H19BrN4O/c1-7(2)4-8(3)16-12(18)10-5-9(13)6-15-11(10)17-14/h5-8H,4,14H2,1-3H3,(H,15,17)(H,16,18). The maximum absolute atomic E-state index is 12.1.